The van der Waals surface area contributed by atoms with Crippen LogP contribution in [0, 0.1) is 24.7 Å². The minimum atomic E-state index is 0.379. The zero-order chi connectivity index (χ0) is 14.8. The molecule has 0 radical (unpaired) electrons. The highest BCUT2D eigenvalue weighted by molar-refractivity contribution is 5.26. The summed E-state index contributed by atoms with van der Waals surface area (Å²) in [4.78, 5) is 0. The van der Waals surface area contributed by atoms with Crippen molar-refractivity contribution in [1.29, 1.82) is 0 Å². The lowest BCUT2D eigenvalue weighted by Gasteiger charge is -2.29. The third-order valence-corrected chi connectivity index (χ3v) is 5.04. The van der Waals surface area contributed by atoms with Crippen molar-refractivity contribution in [3.05, 3.63) is 42.0 Å². The number of allylic oxidation sites excluding steroid dienone is 2. The molecule has 21 heavy (non-hydrogen) atoms. The number of benzene rings is 1. The van der Waals surface area contributed by atoms with Gasteiger partial charge in [-0.25, -0.2) is 0 Å². The molecule has 0 spiro atoms. The lowest BCUT2D eigenvalue weighted by molar-refractivity contribution is 0.235. The summed E-state index contributed by atoms with van der Waals surface area (Å²) in [5.74, 6) is 3.43. The van der Waals surface area contributed by atoms with E-state index < -0.39 is 0 Å². The van der Waals surface area contributed by atoms with Crippen LogP contribution in [0.15, 0.2) is 36.4 Å². The van der Waals surface area contributed by atoms with Gasteiger partial charge in [-0.2, -0.15) is 0 Å². The summed E-state index contributed by atoms with van der Waals surface area (Å²) in [6.45, 7) is 7.37. The van der Waals surface area contributed by atoms with Crippen molar-refractivity contribution in [3.8, 4) is 5.75 Å². The molecule has 0 saturated heterocycles. The largest absolute Gasteiger partial charge is 0.492 e. The number of nitrogens with one attached hydrogen (secondary N) is 1. The molecule has 1 fully saturated rings. The molecule has 1 aromatic rings. The molecular formula is C19H27NO. The highest BCUT2D eigenvalue weighted by Crippen LogP contribution is 2.44. The Kier molecular flexibility index (Phi) is 4.34. The van der Waals surface area contributed by atoms with E-state index in [9.17, 15) is 0 Å². The average Bonchev–Trinajstić information content (AvgIpc) is 3.09. The number of hydrogen-bond acceptors (Lipinski definition) is 2. The fourth-order valence-corrected chi connectivity index (χ4v) is 3.87. The van der Waals surface area contributed by atoms with Crippen molar-refractivity contribution in [2.75, 3.05) is 6.61 Å². The van der Waals surface area contributed by atoms with Crippen LogP contribution in [-0.2, 0) is 0 Å². The van der Waals surface area contributed by atoms with Crippen molar-refractivity contribution in [2.24, 2.45) is 17.8 Å². The van der Waals surface area contributed by atoms with E-state index in [0.717, 1.165) is 30.1 Å². The molecule has 2 nitrogen and oxygen atoms in total. The highest BCUT2D eigenvalue weighted by atomic mass is 16.5. The Morgan fingerprint density at radius 2 is 1.90 bits per heavy atom. The summed E-state index contributed by atoms with van der Waals surface area (Å²) >= 11 is 0. The van der Waals surface area contributed by atoms with Gasteiger partial charge in [0.15, 0.2) is 0 Å². The number of ether oxygens (including phenoxy) is 1. The molecule has 2 aliphatic carbocycles. The van der Waals surface area contributed by atoms with E-state index in [4.69, 9.17) is 4.74 Å². The van der Waals surface area contributed by atoms with Crippen LogP contribution in [0.4, 0.5) is 0 Å². The topological polar surface area (TPSA) is 21.3 Å². The highest BCUT2D eigenvalue weighted by Gasteiger charge is 2.38. The maximum atomic E-state index is 5.87. The first-order chi connectivity index (χ1) is 10.1. The van der Waals surface area contributed by atoms with E-state index in [2.05, 4.69) is 50.4 Å². The van der Waals surface area contributed by atoms with Crippen LogP contribution in [0.3, 0.4) is 0 Å². The Labute approximate surface area is 128 Å². The molecule has 1 N–H and O–H groups in total. The van der Waals surface area contributed by atoms with Gasteiger partial charge in [0, 0.05) is 12.1 Å². The standard InChI is InChI=1S/C19H27NO/c1-13-4-8-18(9-5-13)21-12-14(2)20-15(3)19-11-16-6-7-17(19)10-16/h4-9,14-17,19-20H,10-12H2,1-3H3. The summed E-state index contributed by atoms with van der Waals surface area (Å²) in [7, 11) is 0. The molecule has 114 valence electrons. The molecule has 0 aromatic heterocycles. The van der Waals surface area contributed by atoms with Gasteiger partial charge in [0.05, 0.1) is 0 Å². The van der Waals surface area contributed by atoms with Crippen LogP contribution in [-0.4, -0.2) is 18.7 Å². The maximum absolute atomic E-state index is 5.87. The van der Waals surface area contributed by atoms with Crippen LogP contribution in [0.5, 0.6) is 5.75 Å². The third-order valence-electron chi connectivity index (χ3n) is 5.04. The number of aryl methyl sites for hydroxylation is 1. The van der Waals surface area contributed by atoms with E-state index in [0.29, 0.717) is 12.1 Å². The fraction of sp³-hybridized carbons (Fsp3) is 0.579. The van der Waals surface area contributed by atoms with E-state index >= 15 is 0 Å². The van der Waals surface area contributed by atoms with Gasteiger partial charge in [0.1, 0.15) is 12.4 Å². The fourth-order valence-electron chi connectivity index (χ4n) is 3.87. The van der Waals surface area contributed by atoms with E-state index in [-0.39, 0.29) is 0 Å². The minimum absolute atomic E-state index is 0.379. The Balaban J connectivity index is 1.44. The third kappa shape index (κ3) is 3.49. The van der Waals surface area contributed by atoms with Gasteiger partial charge >= 0.3 is 0 Å². The van der Waals surface area contributed by atoms with Crippen LogP contribution in [0.1, 0.15) is 32.3 Å². The summed E-state index contributed by atoms with van der Waals surface area (Å²) in [5, 5.41) is 3.73. The van der Waals surface area contributed by atoms with Crippen molar-refractivity contribution >= 4 is 0 Å². The quantitative estimate of drug-likeness (QED) is 0.799. The smallest absolute Gasteiger partial charge is 0.119 e. The predicted octanol–water partition coefficient (Wildman–Crippen LogP) is 3.95. The zero-order valence-corrected chi connectivity index (χ0v) is 13.4. The number of fused-ring (bicyclic) bond motifs is 2. The molecule has 1 aromatic carbocycles. The second-order valence-corrected chi connectivity index (χ2v) is 6.92. The van der Waals surface area contributed by atoms with Gasteiger partial charge < -0.3 is 10.1 Å². The molecule has 5 atom stereocenters. The van der Waals surface area contributed by atoms with Crippen LogP contribution in [0.25, 0.3) is 0 Å². The first kappa shape index (κ1) is 14.6. The predicted molar refractivity (Wildman–Crippen MR) is 87.6 cm³/mol. The van der Waals surface area contributed by atoms with E-state index in [1.165, 1.54) is 18.4 Å². The second-order valence-electron chi connectivity index (χ2n) is 6.92. The molecule has 3 rings (SSSR count). The summed E-state index contributed by atoms with van der Waals surface area (Å²) in [6.07, 6.45) is 7.59. The molecule has 0 amide bonds. The lowest BCUT2D eigenvalue weighted by atomic mass is 9.87. The zero-order valence-electron chi connectivity index (χ0n) is 13.4. The molecule has 2 bridgehead atoms. The van der Waals surface area contributed by atoms with Crippen LogP contribution in [0.2, 0.25) is 0 Å². The summed E-state index contributed by atoms with van der Waals surface area (Å²) < 4.78 is 5.87. The molecule has 0 aliphatic heterocycles. The van der Waals surface area contributed by atoms with Crippen molar-refractivity contribution in [2.45, 2.75) is 45.7 Å². The molecule has 2 aliphatic rings. The summed E-state index contributed by atoms with van der Waals surface area (Å²) in [5.41, 5.74) is 1.27. The van der Waals surface area contributed by atoms with Crippen molar-refractivity contribution < 1.29 is 4.74 Å². The van der Waals surface area contributed by atoms with Gasteiger partial charge in [0.2, 0.25) is 0 Å². The first-order valence-corrected chi connectivity index (χ1v) is 8.25. The van der Waals surface area contributed by atoms with Crippen molar-refractivity contribution in [1.82, 2.24) is 5.32 Å². The van der Waals surface area contributed by atoms with Gasteiger partial charge in [-0.15, -0.1) is 0 Å². The molecule has 0 heterocycles. The maximum Gasteiger partial charge on any atom is 0.119 e. The normalized spacial score (nSPS) is 29.6. The Hall–Kier alpha value is -1.28. The average molecular weight is 285 g/mol. The Bertz CT molecular complexity index is 493. The Morgan fingerprint density at radius 3 is 2.52 bits per heavy atom. The van der Waals surface area contributed by atoms with Gasteiger partial charge in [-0.1, -0.05) is 29.8 Å². The minimum Gasteiger partial charge on any atom is -0.492 e. The van der Waals surface area contributed by atoms with E-state index in [1.54, 1.807) is 0 Å². The molecule has 1 saturated carbocycles. The van der Waals surface area contributed by atoms with Crippen LogP contribution < -0.4 is 10.1 Å². The Morgan fingerprint density at radius 1 is 1.14 bits per heavy atom. The van der Waals surface area contributed by atoms with Crippen molar-refractivity contribution in [3.63, 3.8) is 0 Å². The van der Waals surface area contributed by atoms with Gasteiger partial charge in [0.25, 0.3) is 0 Å². The number of rotatable bonds is 6. The van der Waals surface area contributed by atoms with Gasteiger partial charge in [-0.3, -0.25) is 0 Å². The first-order valence-electron chi connectivity index (χ1n) is 8.25. The lowest BCUT2D eigenvalue weighted by Crippen LogP contribution is -2.43. The molecular weight excluding hydrogens is 258 g/mol. The second kappa shape index (κ2) is 6.23. The SMILES string of the molecule is Cc1ccc(OCC(C)NC(C)C2CC3C=CC2C3)cc1. The van der Waals surface area contributed by atoms with Gasteiger partial charge in [-0.05, 0) is 63.5 Å². The monoisotopic (exact) mass is 285 g/mol. The summed E-state index contributed by atoms with van der Waals surface area (Å²) in [6, 6.07) is 9.24. The van der Waals surface area contributed by atoms with E-state index in [1.807, 2.05) is 12.1 Å². The number of hydrogen-bond donors (Lipinski definition) is 1. The molecule has 2 heteroatoms. The van der Waals surface area contributed by atoms with Crippen LogP contribution >= 0.6 is 0 Å². The molecule has 5 unspecified atom stereocenters.